The zero-order valence-corrected chi connectivity index (χ0v) is 11.8. The van der Waals surface area contributed by atoms with Crippen LogP contribution in [0, 0.1) is 4.64 Å². The smallest absolute Gasteiger partial charge is 0.138 e. The molecular weight excluding hydrogens is 272 g/mol. The average Bonchev–Trinajstić information content (AvgIpc) is 3.00. The lowest BCUT2D eigenvalue weighted by Gasteiger charge is -2.12. The zero-order valence-electron chi connectivity index (χ0n) is 11.0. The first-order valence-electron chi connectivity index (χ1n) is 6.67. The summed E-state index contributed by atoms with van der Waals surface area (Å²) >= 11 is 5.22. The molecule has 1 aliphatic rings. The van der Waals surface area contributed by atoms with Gasteiger partial charge < -0.3 is 15.0 Å². The van der Waals surface area contributed by atoms with Gasteiger partial charge in [-0.05, 0) is 30.5 Å². The van der Waals surface area contributed by atoms with Crippen LogP contribution in [0.2, 0.25) is 0 Å². The predicted molar refractivity (Wildman–Crippen MR) is 78.9 cm³/mol. The van der Waals surface area contributed by atoms with Gasteiger partial charge in [0.25, 0.3) is 0 Å². The summed E-state index contributed by atoms with van der Waals surface area (Å²) in [5.41, 5.74) is 1.16. The highest BCUT2D eigenvalue weighted by atomic mass is 32.1. The van der Waals surface area contributed by atoms with E-state index in [1.807, 2.05) is 18.2 Å². The van der Waals surface area contributed by atoms with Crippen LogP contribution in [0.3, 0.4) is 0 Å². The normalized spacial score (nSPS) is 18.1. The predicted octanol–water partition coefficient (Wildman–Crippen LogP) is 3.00. The highest BCUT2D eigenvalue weighted by molar-refractivity contribution is 7.71. The number of rotatable bonds is 4. The summed E-state index contributed by atoms with van der Waals surface area (Å²) in [4.78, 5) is 11.6. The summed E-state index contributed by atoms with van der Waals surface area (Å²) in [5, 5.41) is 3.32. The molecule has 0 amide bonds. The summed E-state index contributed by atoms with van der Waals surface area (Å²) in [6.07, 6.45) is 5.67. The first-order chi connectivity index (χ1) is 9.81. The van der Waals surface area contributed by atoms with Crippen molar-refractivity contribution in [1.82, 2.24) is 15.0 Å². The molecule has 0 spiro atoms. The van der Waals surface area contributed by atoms with Crippen LogP contribution in [0.25, 0.3) is 0 Å². The fourth-order valence-corrected chi connectivity index (χ4v) is 2.43. The Kier molecular flexibility index (Phi) is 4.03. The lowest BCUT2D eigenvalue weighted by atomic mass is 10.2. The Morgan fingerprint density at radius 3 is 3.00 bits per heavy atom. The number of H-pyrrole nitrogens is 1. The largest absolute Gasteiger partial charge is 0.370 e. The zero-order chi connectivity index (χ0) is 13.8. The topological polar surface area (TPSA) is 62.8 Å². The van der Waals surface area contributed by atoms with Gasteiger partial charge in [0.2, 0.25) is 0 Å². The summed E-state index contributed by atoms with van der Waals surface area (Å²) in [5.74, 6) is 1.68. The molecule has 1 saturated heterocycles. The van der Waals surface area contributed by atoms with Crippen molar-refractivity contribution in [3.8, 4) is 0 Å². The lowest BCUT2D eigenvalue weighted by molar-refractivity contribution is 0.105. The molecule has 1 atom stereocenters. The van der Waals surface area contributed by atoms with Crippen LogP contribution >= 0.6 is 12.2 Å². The maximum Gasteiger partial charge on any atom is 0.138 e. The maximum absolute atomic E-state index is 5.64. The van der Waals surface area contributed by atoms with Crippen LogP contribution in [0.1, 0.15) is 30.3 Å². The van der Waals surface area contributed by atoms with E-state index in [1.54, 1.807) is 12.4 Å². The lowest BCUT2D eigenvalue weighted by Crippen LogP contribution is -2.07. The second-order valence-corrected chi connectivity index (χ2v) is 5.15. The third-order valence-corrected chi connectivity index (χ3v) is 3.44. The van der Waals surface area contributed by atoms with Gasteiger partial charge in [0.15, 0.2) is 0 Å². The van der Waals surface area contributed by atoms with Crippen LogP contribution in [-0.2, 0) is 11.3 Å². The summed E-state index contributed by atoms with van der Waals surface area (Å²) < 4.78 is 6.21. The summed E-state index contributed by atoms with van der Waals surface area (Å²) in [6.45, 7) is 1.50. The first-order valence-corrected chi connectivity index (χ1v) is 7.08. The van der Waals surface area contributed by atoms with Crippen LogP contribution in [0.15, 0.2) is 30.6 Å². The molecule has 2 aromatic rings. The van der Waals surface area contributed by atoms with Gasteiger partial charge in [-0.2, -0.15) is 0 Å². The second-order valence-electron chi connectivity index (χ2n) is 4.73. The Labute approximate surface area is 122 Å². The van der Waals surface area contributed by atoms with E-state index < -0.39 is 0 Å². The van der Waals surface area contributed by atoms with Crippen LogP contribution in [0.4, 0.5) is 5.82 Å². The number of aromatic amines is 1. The van der Waals surface area contributed by atoms with E-state index in [1.165, 1.54) is 0 Å². The molecule has 2 aromatic heterocycles. The van der Waals surface area contributed by atoms with Crippen LogP contribution in [-0.4, -0.2) is 21.6 Å². The molecule has 1 aliphatic heterocycles. The number of nitrogens with zero attached hydrogens (tertiary/aromatic N) is 2. The van der Waals surface area contributed by atoms with E-state index in [0.29, 0.717) is 11.2 Å². The van der Waals surface area contributed by atoms with Gasteiger partial charge in [-0.15, -0.1) is 0 Å². The SMILES string of the molecule is S=c1cc(NCc2ccncc2)[nH]c(C2CCCO2)n1. The summed E-state index contributed by atoms with van der Waals surface area (Å²) in [6, 6.07) is 5.78. The number of anilines is 1. The van der Waals surface area contributed by atoms with Gasteiger partial charge in [0.1, 0.15) is 22.4 Å². The van der Waals surface area contributed by atoms with E-state index >= 15 is 0 Å². The van der Waals surface area contributed by atoms with Gasteiger partial charge >= 0.3 is 0 Å². The van der Waals surface area contributed by atoms with Crippen LogP contribution < -0.4 is 5.32 Å². The molecule has 1 unspecified atom stereocenters. The van der Waals surface area contributed by atoms with E-state index in [2.05, 4.69) is 20.3 Å². The third kappa shape index (κ3) is 3.20. The minimum atomic E-state index is 0.0411. The summed E-state index contributed by atoms with van der Waals surface area (Å²) in [7, 11) is 0. The van der Waals surface area contributed by atoms with Crippen molar-refractivity contribution >= 4 is 18.0 Å². The van der Waals surface area contributed by atoms with Crippen molar-refractivity contribution in [2.24, 2.45) is 0 Å². The van der Waals surface area contributed by atoms with Crippen molar-refractivity contribution in [2.75, 3.05) is 11.9 Å². The monoisotopic (exact) mass is 288 g/mol. The number of nitrogens with one attached hydrogen (secondary N) is 2. The molecule has 0 saturated carbocycles. The first kappa shape index (κ1) is 13.2. The Hall–Kier alpha value is -1.79. The number of hydrogen-bond acceptors (Lipinski definition) is 5. The van der Waals surface area contributed by atoms with Crippen LogP contribution in [0.5, 0.6) is 0 Å². The Morgan fingerprint density at radius 2 is 2.25 bits per heavy atom. The Bertz CT molecular complexity index is 623. The van der Waals surface area contributed by atoms with Crippen molar-refractivity contribution in [3.05, 3.63) is 46.6 Å². The molecule has 3 heterocycles. The standard InChI is InChI=1S/C14H16N4OS/c20-13-8-12(16-9-10-3-5-15-6-4-10)17-14(18-13)11-2-1-7-19-11/h3-6,8,11H,1-2,7,9H2,(H2,16,17,18,20). The minimum Gasteiger partial charge on any atom is -0.370 e. The Balaban J connectivity index is 1.74. The van der Waals surface area contributed by atoms with Gasteiger partial charge in [-0.1, -0.05) is 12.2 Å². The Morgan fingerprint density at radius 1 is 1.40 bits per heavy atom. The molecule has 0 aliphatic carbocycles. The third-order valence-electron chi connectivity index (χ3n) is 3.23. The van der Waals surface area contributed by atoms with Gasteiger partial charge in [-0.3, -0.25) is 4.98 Å². The highest BCUT2D eigenvalue weighted by Crippen LogP contribution is 2.26. The number of aromatic nitrogens is 3. The molecule has 0 aromatic carbocycles. The average molecular weight is 288 g/mol. The van der Waals surface area contributed by atoms with Crippen molar-refractivity contribution < 1.29 is 4.74 Å². The molecular formula is C14H16N4OS. The molecule has 3 rings (SSSR count). The van der Waals surface area contributed by atoms with Crippen molar-refractivity contribution in [2.45, 2.75) is 25.5 Å². The van der Waals surface area contributed by atoms with Gasteiger partial charge in [0.05, 0.1) is 0 Å². The highest BCUT2D eigenvalue weighted by Gasteiger charge is 2.20. The quantitative estimate of drug-likeness (QED) is 0.847. The fourth-order valence-electron chi connectivity index (χ4n) is 2.22. The number of pyridine rings is 1. The second kappa shape index (κ2) is 6.11. The van der Waals surface area contributed by atoms with Crippen molar-refractivity contribution in [3.63, 3.8) is 0 Å². The molecule has 20 heavy (non-hydrogen) atoms. The van der Waals surface area contributed by atoms with E-state index in [0.717, 1.165) is 36.7 Å². The molecule has 6 heteroatoms. The molecule has 0 bridgehead atoms. The minimum absolute atomic E-state index is 0.0411. The molecule has 104 valence electrons. The fraction of sp³-hybridized carbons (Fsp3) is 0.357. The molecule has 0 radical (unpaired) electrons. The molecule has 5 nitrogen and oxygen atoms in total. The van der Waals surface area contributed by atoms with Gasteiger partial charge in [-0.25, -0.2) is 4.98 Å². The molecule has 1 fully saturated rings. The van der Waals surface area contributed by atoms with E-state index in [4.69, 9.17) is 17.0 Å². The van der Waals surface area contributed by atoms with E-state index in [-0.39, 0.29) is 6.10 Å². The van der Waals surface area contributed by atoms with Gasteiger partial charge in [0, 0.05) is 31.6 Å². The van der Waals surface area contributed by atoms with Crippen molar-refractivity contribution in [1.29, 1.82) is 0 Å². The number of hydrogen-bond donors (Lipinski definition) is 2. The number of ether oxygens (including phenoxy) is 1. The van der Waals surface area contributed by atoms with E-state index in [9.17, 15) is 0 Å². The molecule has 2 N–H and O–H groups in total. The maximum atomic E-state index is 5.64.